The van der Waals surface area contributed by atoms with E-state index in [-0.39, 0.29) is 5.76 Å². The lowest BCUT2D eigenvalue weighted by Gasteiger charge is -2.09. The van der Waals surface area contributed by atoms with Crippen LogP contribution in [0.2, 0.25) is 0 Å². The van der Waals surface area contributed by atoms with Gasteiger partial charge in [-0.2, -0.15) is 13.2 Å². The van der Waals surface area contributed by atoms with Gasteiger partial charge in [-0.15, -0.1) is 0 Å². The van der Waals surface area contributed by atoms with Gasteiger partial charge in [0.15, 0.2) is 0 Å². The van der Waals surface area contributed by atoms with E-state index < -0.39 is 11.7 Å². The first-order valence-electron chi connectivity index (χ1n) is 6.59. The first-order chi connectivity index (χ1) is 9.95. The second-order valence-corrected chi connectivity index (χ2v) is 4.55. The van der Waals surface area contributed by atoms with E-state index in [1.165, 1.54) is 0 Å². The Kier molecular flexibility index (Phi) is 4.40. The molecule has 0 aliphatic heterocycles. The summed E-state index contributed by atoms with van der Waals surface area (Å²) >= 11 is 0. The maximum atomic E-state index is 12.5. The summed E-state index contributed by atoms with van der Waals surface area (Å²) in [5.74, 6) is 0.176. The number of hydrogen-bond acceptors (Lipinski definition) is 2. The number of rotatable bonds is 4. The summed E-state index contributed by atoms with van der Waals surface area (Å²) in [6, 6.07) is 6.84. The Morgan fingerprint density at radius 3 is 2.57 bits per heavy atom. The second-order valence-electron chi connectivity index (χ2n) is 4.55. The molecule has 1 aromatic carbocycles. The third-order valence-corrected chi connectivity index (χ3v) is 3.21. The fraction of sp³-hybridized carbons (Fsp3) is 0.250. The average molecular weight is 295 g/mol. The molecule has 5 heteroatoms. The van der Waals surface area contributed by atoms with E-state index in [4.69, 9.17) is 4.42 Å². The summed E-state index contributed by atoms with van der Waals surface area (Å²) in [4.78, 5) is 0. The lowest BCUT2D eigenvalue weighted by molar-refractivity contribution is -0.137. The van der Waals surface area contributed by atoms with Crippen molar-refractivity contribution in [3.63, 3.8) is 0 Å². The van der Waals surface area contributed by atoms with Gasteiger partial charge in [-0.3, -0.25) is 0 Å². The van der Waals surface area contributed by atoms with Crippen LogP contribution >= 0.6 is 0 Å². The highest BCUT2D eigenvalue weighted by atomic mass is 19.4. The molecule has 1 aromatic heterocycles. The van der Waals surface area contributed by atoms with Crippen molar-refractivity contribution in [1.29, 1.82) is 0 Å². The summed E-state index contributed by atoms with van der Waals surface area (Å²) < 4.78 is 42.5. The molecular weight excluding hydrogens is 279 g/mol. The molecule has 0 atom stereocenters. The predicted molar refractivity (Wildman–Crippen MR) is 78.0 cm³/mol. The van der Waals surface area contributed by atoms with Gasteiger partial charge in [0.05, 0.1) is 5.56 Å². The van der Waals surface area contributed by atoms with Crippen molar-refractivity contribution in [2.24, 2.45) is 0 Å². The monoisotopic (exact) mass is 295 g/mol. The van der Waals surface area contributed by atoms with Gasteiger partial charge in [-0.1, -0.05) is 19.1 Å². The average Bonchev–Trinajstić information content (AvgIpc) is 2.93. The highest BCUT2D eigenvalue weighted by molar-refractivity contribution is 5.77. The van der Waals surface area contributed by atoms with Crippen LogP contribution in [-0.4, -0.2) is 7.05 Å². The Morgan fingerprint density at radius 1 is 1.24 bits per heavy atom. The Labute approximate surface area is 121 Å². The summed E-state index contributed by atoms with van der Waals surface area (Å²) in [5.41, 5.74) is 2.21. The lowest BCUT2D eigenvalue weighted by atomic mass is 10.0. The molecule has 112 valence electrons. The predicted octanol–water partition coefficient (Wildman–Crippen LogP) is 5.07. The van der Waals surface area contributed by atoms with E-state index >= 15 is 0 Å². The number of hydrogen-bond donors (Lipinski definition) is 1. The van der Waals surface area contributed by atoms with E-state index in [9.17, 15) is 13.2 Å². The largest absolute Gasteiger partial charge is 0.464 e. The number of anilines is 1. The number of halogens is 3. The zero-order valence-electron chi connectivity index (χ0n) is 11.8. The first-order valence-corrected chi connectivity index (χ1v) is 6.59. The smallest absolute Gasteiger partial charge is 0.419 e. The van der Waals surface area contributed by atoms with Crippen molar-refractivity contribution in [2.45, 2.75) is 19.5 Å². The van der Waals surface area contributed by atoms with Crippen molar-refractivity contribution < 1.29 is 17.6 Å². The van der Waals surface area contributed by atoms with Crippen LogP contribution in [0.15, 0.2) is 34.9 Å². The second kappa shape index (κ2) is 6.08. The van der Waals surface area contributed by atoms with Crippen LogP contribution in [0.5, 0.6) is 0 Å². The highest BCUT2D eigenvalue weighted by Gasteiger charge is 2.32. The lowest BCUT2D eigenvalue weighted by Crippen LogP contribution is -2.01. The van der Waals surface area contributed by atoms with Crippen LogP contribution in [0, 0.1) is 0 Å². The molecule has 0 radical (unpaired) electrons. The molecule has 0 aliphatic carbocycles. The van der Waals surface area contributed by atoms with Gasteiger partial charge in [0.1, 0.15) is 12.0 Å². The normalized spacial score (nSPS) is 12.0. The van der Waals surface area contributed by atoms with Crippen LogP contribution in [0.3, 0.4) is 0 Å². The molecule has 0 spiro atoms. The molecular formula is C16H16F3NO. The van der Waals surface area contributed by atoms with Gasteiger partial charge < -0.3 is 9.73 Å². The summed E-state index contributed by atoms with van der Waals surface area (Å²) in [6.45, 7) is 2.03. The van der Waals surface area contributed by atoms with Gasteiger partial charge in [0.2, 0.25) is 0 Å². The fourth-order valence-corrected chi connectivity index (χ4v) is 2.09. The van der Waals surface area contributed by atoms with E-state index in [0.29, 0.717) is 0 Å². The molecule has 0 unspecified atom stereocenters. The first kappa shape index (κ1) is 15.2. The third kappa shape index (κ3) is 3.48. The molecule has 0 aliphatic rings. The highest BCUT2D eigenvalue weighted by Crippen LogP contribution is 2.31. The van der Waals surface area contributed by atoms with Crippen LogP contribution in [0.1, 0.15) is 29.4 Å². The molecule has 2 nitrogen and oxygen atoms in total. The number of alkyl halides is 3. The van der Waals surface area contributed by atoms with Gasteiger partial charge in [-0.25, -0.2) is 0 Å². The third-order valence-electron chi connectivity index (χ3n) is 3.21. The molecule has 21 heavy (non-hydrogen) atoms. The van der Waals surface area contributed by atoms with Gasteiger partial charge in [-0.05, 0) is 36.3 Å². The minimum absolute atomic E-state index is 0.176. The summed E-state index contributed by atoms with van der Waals surface area (Å²) in [6.07, 6.45) is 0.493. The van der Waals surface area contributed by atoms with Gasteiger partial charge >= 0.3 is 6.18 Å². The van der Waals surface area contributed by atoms with Crippen molar-refractivity contribution in [1.82, 2.24) is 0 Å². The topological polar surface area (TPSA) is 25.2 Å². The van der Waals surface area contributed by atoms with Crippen LogP contribution in [-0.2, 0) is 12.6 Å². The minimum Gasteiger partial charge on any atom is -0.464 e. The Bertz CT molecular complexity index is 619. The van der Waals surface area contributed by atoms with Gasteiger partial charge in [0.25, 0.3) is 0 Å². The van der Waals surface area contributed by atoms with E-state index in [0.717, 1.165) is 35.6 Å². The number of furan rings is 1. The van der Waals surface area contributed by atoms with Crippen molar-refractivity contribution in [2.75, 3.05) is 12.4 Å². The quantitative estimate of drug-likeness (QED) is 0.851. The fourth-order valence-electron chi connectivity index (χ4n) is 2.09. The Hall–Kier alpha value is -2.17. The molecule has 1 N–H and O–H groups in total. The van der Waals surface area contributed by atoms with E-state index in [1.54, 1.807) is 19.2 Å². The SMILES string of the molecule is CCc1cccc(NC)c1/C=C/c1cc(C(F)(F)F)co1. The van der Waals surface area contributed by atoms with Crippen molar-refractivity contribution >= 4 is 17.8 Å². The van der Waals surface area contributed by atoms with Crippen LogP contribution in [0.4, 0.5) is 18.9 Å². The maximum Gasteiger partial charge on any atom is 0.419 e. The van der Waals surface area contributed by atoms with E-state index in [1.807, 2.05) is 25.1 Å². The zero-order chi connectivity index (χ0) is 15.5. The number of nitrogens with one attached hydrogen (secondary N) is 1. The standard InChI is InChI=1S/C16H16F3NO/c1-3-11-5-4-6-15(20-2)14(11)8-7-13-9-12(10-21-13)16(17,18)19/h4-10,20H,3H2,1-2H3/b8-7+. The number of benzene rings is 1. The molecule has 0 bridgehead atoms. The van der Waals surface area contributed by atoms with Crippen molar-refractivity contribution in [3.05, 3.63) is 53.0 Å². The summed E-state index contributed by atoms with van der Waals surface area (Å²) in [5, 5.41) is 3.07. The molecule has 2 aromatic rings. The molecule has 0 saturated heterocycles. The van der Waals surface area contributed by atoms with Crippen LogP contribution < -0.4 is 5.32 Å². The molecule has 0 saturated carbocycles. The minimum atomic E-state index is -4.38. The zero-order valence-corrected chi connectivity index (χ0v) is 11.8. The van der Waals surface area contributed by atoms with E-state index in [2.05, 4.69) is 5.32 Å². The van der Waals surface area contributed by atoms with Crippen LogP contribution in [0.25, 0.3) is 12.2 Å². The molecule has 1 heterocycles. The molecule has 0 amide bonds. The van der Waals surface area contributed by atoms with Gasteiger partial charge in [0, 0.05) is 18.3 Å². The molecule has 0 fully saturated rings. The summed E-state index contributed by atoms with van der Waals surface area (Å²) in [7, 11) is 1.81. The Morgan fingerprint density at radius 2 is 2.00 bits per heavy atom. The maximum absolute atomic E-state index is 12.5. The van der Waals surface area contributed by atoms with Crippen molar-refractivity contribution in [3.8, 4) is 0 Å². The molecule has 2 rings (SSSR count). The Balaban J connectivity index is 2.31. The number of aryl methyl sites for hydroxylation is 1.